The summed E-state index contributed by atoms with van der Waals surface area (Å²) in [5.41, 5.74) is 0. The molecule has 1 amide bonds. The summed E-state index contributed by atoms with van der Waals surface area (Å²) < 4.78 is 0. The van der Waals surface area contributed by atoms with Gasteiger partial charge in [0, 0.05) is 19.6 Å². The lowest BCUT2D eigenvalue weighted by Crippen LogP contribution is -2.33. The van der Waals surface area contributed by atoms with E-state index >= 15 is 0 Å². The molecular weight excluding hydrogens is 156 g/mol. The maximum absolute atomic E-state index is 10.7. The summed E-state index contributed by atoms with van der Waals surface area (Å²) in [6.45, 7) is 5.42. The van der Waals surface area contributed by atoms with Crippen LogP contribution >= 0.6 is 0 Å². The van der Waals surface area contributed by atoms with Crippen molar-refractivity contribution in [3.05, 3.63) is 12.7 Å². The van der Waals surface area contributed by atoms with Gasteiger partial charge in [-0.25, -0.2) is 0 Å². The zero-order valence-corrected chi connectivity index (χ0v) is 7.42. The van der Waals surface area contributed by atoms with Crippen LogP contribution in [0.3, 0.4) is 0 Å². The van der Waals surface area contributed by atoms with Crippen LogP contribution in [-0.4, -0.2) is 49.2 Å². The van der Waals surface area contributed by atoms with Gasteiger partial charge in [-0.1, -0.05) is 6.58 Å². The lowest BCUT2D eigenvalue weighted by molar-refractivity contribution is -0.116. The molecule has 0 aliphatic carbocycles. The van der Waals surface area contributed by atoms with Crippen molar-refractivity contribution in [2.75, 3.05) is 33.3 Å². The standard InChI is InChI=1S/C8H16N2O2/c1-3-8(12)9-4-5-10(2)6-7-11/h3,11H,1,4-7H2,2H3,(H,9,12). The number of nitrogens with zero attached hydrogens (tertiary/aromatic N) is 1. The third kappa shape index (κ3) is 5.88. The molecule has 0 aliphatic rings. The lowest BCUT2D eigenvalue weighted by Gasteiger charge is -2.14. The quantitative estimate of drug-likeness (QED) is 0.516. The predicted octanol–water partition coefficient (Wildman–Crippen LogP) is -0.787. The van der Waals surface area contributed by atoms with Gasteiger partial charge in [0.1, 0.15) is 0 Å². The Morgan fingerprint density at radius 1 is 1.67 bits per heavy atom. The van der Waals surface area contributed by atoms with Crippen molar-refractivity contribution in [3.8, 4) is 0 Å². The molecule has 0 saturated heterocycles. The van der Waals surface area contributed by atoms with Crippen LogP contribution in [0.25, 0.3) is 0 Å². The van der Waals surface area contributed by atoms with Crippen molar-refractivity contribution < 1.29 is 9.90 Å². The molecular formula is C8H16N2O2. The smallest absolute Gasteiger partial charge is 0.243 e. The number of aliphatic hydroxyl groups is 1. The highest BCUT2D eigenvalue weighted by Gasteiger charge is 1.97. The first-order valence-electron chi connectivity index (χ1n) is 3.90. The molecule has 0 rings (SSSR count). The van der Waals surface area contributed by atoms with Gasteiger partial charge in [0.15, 0.2) is 0 Å². The molecule has 0 aromatic heterocycles. The largest absolute Gasteiger partial charge is 0.395 e. The molecule has 2 N–H and O–H groups in total. The van der Waals surface area contributed by atoms with Gasteiger partial charge in [0.25, 0.3) is 0 Å². The van der Waals surface area contributed by atoms with Gasteiger partial charge in [-0.15, -0.1) is 0 Å². The van der Waals surface area contributed by atoms with E-state index < -0.39 is 0 Å². The maximum atomic E-state index is 10.7. The number of likely N-dealkylation sites (N-methyl/N-ethyl adjacent to an activating group) is 1. The van der Waals surface area contributed by atoms with Crippen LogP contribution in [0.2, 0.25) is 0 Å². The maximum Gasteiger partial charge on any atom is 0.243 e. The number of aliphatic hydroxyl groups excluding tert-OH is 1. The van der Waals surface area contributed by atoms with Crippen LogP contribution in [0.1, 0.15) is 0 Å². The van der Waals surface area contributed by atoms with E-state index in [1.165, 1.54) is 6.08 Å². The topological polar surface area (TPSA) is 52.6 Å². The van der Waals surface area contributed by atoms with Gasteiger partial charge >= 0.3 is 0 Å². The number of amides is 1. The van der Waals surface area contributed by atoms with Crippen molar-refractivity contribution >= 4 is 5.91 Å². The molecule has 0 aromatic rings. The van der Waals surface area contributed by atoms with E-state index in [9.17, 15) is 4.79 Å². The van der Waals surface area contributed by atoms with Crippen LogP contribution in [0, 0.1) is 0 Å². The molecule has 0 bridgehead atoms. The molecule has 0 fully saturated rings. The predicted molar refractivity (Wildman–Crippen MR) is 47.8 cm³/mol. The van der Waals surface area contributed by atoms with Gasteiger partial charge in [0.2, 0.25) is 5.91 Å². The van der Waals surface area contributed by atoms with Crippen LogP contribution in [-0.2, 0) is 4.79 Å². The Morgan fingerprint density at radius 3 is 2.83 bits per heavy atom. The summed E-state index contributed by atoms with van der Waals surface area (Å²) in [5, 5.41) is 11.2. The van der Waals surface area contributed by atoms with Crippen LogP contribution < -0.4 is 5.32 Å². The fourth-order valence-corrected chi connectivity index (χ4v) is 0.725. The molecule has 70 valence electrons. The molecule has 0 saturated carbocycles. The Labute approximate surface area is 72.9 Å². The highest BCUT2D eigenvalue weighted by Crippen LogP contribution is 1.78. The minimum atomic E-state index is -0.160. The van der Waals surface area contributed by atoms with E-state index in [4.69, 9.17) is 5.11 Å². The Balaban J connectivity index is 3.30. The van der Waals surface area contributed by atoms with Crippen LogP contribution in [0.4, 0.5) is 0 Å². The van der Waals surface area contributed by atoms with E-state index in [1.54, 1.807) is 0 Å². The summed E-state index contributed by atoms with van der Waals surface area (Å²) in [6.07, 6.45) is 1.24. The number of carbonyl (C=O) groups excluding carboxylic acids is 1. The van der Waals surface area contributed by atoms with Crippen LogP contribution in [0.15, 0.2) is 12.7 Å². The van der Waals surface area contributed by atoms with Gasteiger partial charge in [0.05, 0.1) is 6.61 Å². The summed E-state index contributed by atoms with van der Waals surface area (Å²) in [6, 6.07) is 0. The minimum Gasteiger partial charge on any atom is -0.395 e. The fourth-order valence-electron chi connectivity index (χ4n) is 0.725. The van der Waals surface area contributed by atoms with Crippen molar-refractivity contribution in [1.29, 1.82) is 0 Å². The molecule has 0 radical (unpaired) electrons. The Bertz CT molecular complexity index is 148. The SMILES string of the molecule is C=CC(=O)NCCN(C)CCO. The fraction of sp³-hybridized carbons (Fsp3) is 0.625. The van der Waals surface area contributed by atoms with Gasteiger partial charge in [-0.05, 0) is 13.1 Å². The molecule has 0 aliphatic heterocycles. The Morgan fingerprint density at radius 2 is 2.33 bits per heavy atom. The van der Waals surface area contributed by atoms with Gasteiger partial charge in [-0.2, -0.15) is 0 Å². The molecule has 4 heteroatoms. The normalized spacial score (nSPS) is 9.92. The van der Waals surface area contributed by atoms with Crippen molar-refractivity contribution in [2.24, 2.45) is 0 Å². The second kappa shape index (κ2) is 6.82. The van der Waals surface area contributed by atoms with E-state index in [-0.39, 0.29) is 12.5 Å². The third-order valence-electron chi connectivity index (χ3n) is 1.46. The summed E-state index contributed by atoms with van der Waals surface area (Å²) in [4.78, 5) is 12.6. The average Bonchev–Trinajstić information content (AvgIpc) is 2.04. The van der Waals surface area contributed by atoms with Crippen molar-refractivity contribution in [2.45, 2.75) is 0 Å². The molecule has 0 atom stereocenters. The highest BCUT2D eigenvalue weighted by molar-refractivity contribution is 5.86. The zero-order valence-electron chi connectivity index (χ0n) is 7.42. The van der Waals surface area contributed by atoms with Crippen molar-refractivity contribution in [1.82, 2.24) is 10.2 Å². The second-order valence-corrected chi connectivity index (χ2v) is 2.52. The molecule has 0 unspecified atom stereocenters. The summed E-state index contributed by atoms with van der Waals surface area (Å²) in [7, 11) is 1.89. The lowest BCUT2D eigenvalue weighted by atomic mass is 10.5. The molecule has 0 spiro atoms. The van der Waals surface area contributed by atoms with Gasteiger partial charge in [-0.3, -0.25) is 4.79 Å². The molecule has 4 nitrogen and oxygen atoms in total. The zero-order chi connectivity index (χ0) is 9.40. The number of rotatable bonds is 6. The highest BCUT2D eigenvalue weighted by atomic mass is 16.3. The Kier molecular flexibility index (Phi) is 6.32. The summed E-state index contributed by atoms with van der Waals surface area (Å²) in [5.74, 6) is -0.160. The minimum absolute atomic E-state index is 0.145. The molecule has 0 heterocycles. The van der Waals surface area contributed by atoms with Gasteiger partial charge < -0.3 is 15.3 Å². The summed E-state index contributed by atoms with van der Waals surface area (Å²) >= 11 is 0. The number of carbonyl (C=O) groups is 1. The first-order chi connectivity index (χ1) is 5.70. The Hall–Kier alpha value is -0.870. The first kappa shape index (κ1) is 11.1. The van der Waals surface area contributed by atoms with Crippen LogP contribution in [0.5, 0.6) is 0 Å². The molecule has 0 aromatic carbocycles. The van der Waals surface area contributed by atoms with E-state index in [0.717, 1.165) is 6.54 Å². The average molecular weight is 172 g/mol. The van der Waals surface area contributed by atoms with E-state index in [0.29, 0.717) is 13.1 Å². The van der Waals surface area contributed by atoms with Crippen molar-refractivity contribution in [3.63, 3.8) is 0 Å². The third-order valence-corrected chi connectivity index (χ3v) is 1.46. The number of hydrogen-bond acceptors (Lipinski definition) is 3. The molecule has 12 heavy (non-hydrogen) atoms. The van der Waals surface area contributed by atoms with E-state index in [1.807, 2.05) is 11.9 Å². The monoisotopic (exact) mass is 172 g/mol. The second-order valence-electron chi connectivity index (χ2n) is 2.52. The number of nitrogens with one attached hydrogen (secondary N) is 1. The van der Waals surface area contributed by atoms with E-state index in [2.05, 4.69) is 11.9 Å². The first-order valence-corrected chi connectivity index (χ1v) is 3.90. The number of hydrogen-bond donors (Lipinski definition) is 2.